The number of amides is 1. The first-order valence-corrected chi connectivity index (χ1v) is 10.0. The van der Waals surface area contributed by atoms with Crippen LogP contribution in [0.5, 0.6) is 11.5 Å². The lowest BCUT2D eigenvalue weighted by atomic mass is 9.94. The molecular formula is C22H29NO6. The molecule has 0 aromatic heterocycles. The van der Waals surface area contributed by atoms with E-state index in [1.54, 1.807) is 30.2 Å². The molecule has 1 aliphatic carbocycles. The first-order valence-electron chi connectivity index (χ1n) is 10.0. The number of aliphatic hydroxyl groups is 1. The zero-order valence-corrected chi connectivity index (χ0v) is 17.4. The van der Waals surface area contributed by atoms with Crippen molar-refractivity contribution < 1.29 is 28.9 Å². The fraction of sp³-hybridized carbons (Fsp3) is 0.545. The lowest BCUT2D eigenvalue weighted by Gasteiger charge is -2.27. The van der Waals surface area contributed by atoms with Gasteiger partial charge in [-0.3, -0.25) is 9.59 Å². The monoisotopic (exact) mass is 403 g/mol. The fourth-order valence-corrected chi connectivity index (χ4v) is 3.62. The largest absolute Gasteiger partial charge is 0.503 e. The number of ketones is 1. The maximum Gasteiger partial charge on any atom is 0.290 e. The summed E-state index contributed by atoms with van der Waals surface area (Å²) < 4.78 is 16.3. The normalized spacial score (nSPS) is 19.3. The zero-order chi connectivity index (χ0) is 21.1. The molecule has 2 aliphatic rings. The first kappa shape index (κ1) is 21.2. The number of aliphatic hydroxyl groups excluding tert-OH is 1. The van der Waals surface area contributed by atoms with Crippen LogP contribution >= 0.6 is 0 Å². The van der Waals surface area contributed by atoms with Gasteiger partial charge < -0.3 is 24.2 Å². The third kappa shape index (κ3) is 4.40. The predicted octanol–water partition coefficient (Wildman–Crippen LogP) is 3.19. The van der Waals surface area contributed by atoms with Crippen LogP contribution in [0.4, 0.5) is 0 Å². The van der Waals surface area contributed by atoms with Crippen molar-refractivity contribution in [2.45, 2.75) is 45.3 Å². The molecule has 1 amide bonds. The lowest BCUT2D eigenvalue weighted by molar-refractivity contribution is -0.129. The maximum absolute atomic E-state index is 12.9. The van der Waals surface area contributed by atoms with Gasteiger partial charge in [0.2, 0.25) is 0 Å². The summed E-state index contributed by atoms with van der Waals surface area (Å²) in [6.07, 6.45) is 2.30. The van der Waals surface area contributed by atoms with Crippen LogP contribution in [0.2, 0.25) is 0 Å². The van der Waals surface area contributed by atoms with Crippen molar-refractivity contribution in [3.63, 3.8) is 0 Å². The third-order valence-electron chi connectivity index (χ3n) is 5.24. The van der Waals surface area contributed by atoms with E-state index in [0.717, 1.165) is 12.8 Å². The molecule has 1 heterocycles. The van der Waals surface area contributed by atoms with Gasteiger partial charge in [0, 0.05) is 19.1 Å². The molecule has 158 valence electrons. The summed E-state index contributed by atoms with van der Waals surface area (Å²) in [5, 5.41) is 10.6. The zero-order valence-electron chi connectivity index (χ0n) is 17.4. The van der Waals surface area contributed by atoms with Crippen LogP contribution in [0.1, 0.15) is 44.7 Å². The summed E-state index contributed by atoms with van der Waals surface area (Å²) in [6.45, 7) is 4.77. The van der Waals surface area contributed by atoms with Crippen LogP contribution in [-0.2, 0) is 14.3 Å². The molecule has 1 atom stereocenters. The van der Waals surface area contributed by atoms with E-state index in [1.165, 1.54) is 7.11 Å². The lowest BCUT2D eigenvalue weighted by Crippen LogP contribution is -2.33. The second kappa shape index (κ2) is 8.86. The fourth-order valence-electron chi connectivity index (χ4n) is 3.62. The number of rotatable bonds is 10. The van der Waals surface area contributed by atoms with E-state index < -0.39 is 17.7 Å². The number of benzene rings is 1. The average Bonchev–Trinajstić information content (AvgIpc) is 3.52. The Morgan fingerprint density at radius 3 is 2.48 bits per heavy atom. The van der Waals surface area contributed by atoms with Gasteiger partial charge in [-0.05, 0) is 50.8 Å². The van der Waals surface area contributed by atoms with Crippen molar-refractivity contribution in [1.82, 2.24) is 4.90 Å². The van der Waals surface area contributed by atoms with Gasteiger partial charge in [-0.1, -0.05) is 6.07 Å². The molecule has 0 radical (unpaired) electrons. The Kier molecular flexibility index (Phi) is 6.47. The van der Waals surface area contributed by atoms with E-state index in [-0.39, 0.29) is 23.4 Å². The minimum atomic E-state index is -0.644. The molecule has 0 unspecified atom stereocenters. The number of nitrogens with zero attached hydrogens (tertiary/aromatic N) is 1. The Morgan fingerprint density at radius 1 is 1.21 bits per heavy atom. The van der Waals surface area contributed by atoms with Crippen LogP contribution in [0, 0.1) is 5.92 Å². The van der Waals surface area contributed by atoms with Gasteiger partial charge in [0.1, 0.15) is 0 Å². The number of Topliss-reactive ketones (excluding diaryl/α,β-unsaturated/α-hetero) is 1. The molecular weight excluding hydrogens is 374 g/mol. The van der Waals surface area contributed by atoms with Crippen LogP contribution in [0.25, 0.3) is 0 Å². The molecule has 7 heteroatoms. The third-order valence-corrected chi connectivity index (χ3v) is 5.24. The van der Waals surface area contributed by atoms with Crippen LogP contribution < -0.4 is 9.47 Å². The van der Waals surface area contributed by atoms with Crippen molar-refractivity contribution in [2.75, 3.05) is 27.4 Å². The summed E-state index contributed by atoms with van der Waals surface area (Å²) in [6, 6.07) is 4.66. The topological polar surface area (TPSA) is 85.3 Å². The number of carbonyl (C=O) groups excluding carboxylic acids is 2. The number of methoxy groups -OCH3 is 2. The summed E-state index contributed by atoms with van der Waals surface area (Å²) in [5.41, 5.74) is 0.892. The minimum Gasteiger partial charge on any atom is -0.503 e. The molecule has 0 saturated heterocycles. The van der Waals surface area contributed by atoms with E-state index in [9.17, 15) is 14.7 Å². The second-order valence-electron chi connectivity index (χ2n) is 7.69. The number of ether oxygens (including phenoxy) is 3. The van der Waals surface area contributed by atoms with E-state index in [1.807, 2.05) is 13.8 Å². The molecule has 0 spiro atoms. The summed E-state index contributed by atoms with van der Waals surface area (Å²) in [7, 11) is 3.08. The quantitative estimate of drug-likeness (QED) is 0.604. The number of hydrogen-bond acceptors (Lipinski definition) is 6. The van der Waals surface area contributed by atoms with Gasteiger partial charge in [0.15, 0.2) is 23.0 Å². The standard InChI is InChI=1S/C22H29NO6/c1-13(2)29-11-5-10-23-19(15-8-9-16(27-3)17(12-15)28-4)18(21(25)22(23)26)20(24)14-6-7-14/h8-9,12-14,19,25H,5-7,10-11H2,1-4H3/t19-/m0/s1. The maximum atomic E-state index is 12.9. The van der Waals surface area contributed by atoms with E-state index in [4.69, 9.17) is 14.2 Å². The predicted molar refractivity (Wildman–Crippen MR) is 107 cm³/mol. The summed E-state index contributed by atoms with van der Waals surface area (Å²) >= 11 is 0. The summed E-state index contributed by atoms with van der Waals surface area (Å²) in [5.74, 6) is -0.140. The molecule has 1 aliphatic heterocycles. The molecule has 3 rings (SSSR count). The Morgan fingerprint density at radius 2 is 1.90 bits per heavy atom. The molecule has 1 fully saturated rings. The van der Waals surface area contributed by atoms with Gasteiger partial charge in [-0.25, -0.2) is 0 Å². The Labute approximate surface area is 171 Å². The highest BCUT2D eigenvalue weighted by Crippen LogP contribution is 2.44. The molecule has 1 saturated carbocycles. The van der Waals surface area contributed by atoms with Crippen LogP contribution in [0.3, 0.4) is 0 Å². The number of carbonyl (C=O) groups is 2. The van der Waals surface area contributed by atoms with E-state index >= 15 is 0 Å². The van der Waals surface area contributed by atoms with Crippen molar-refractivity contribution in [1.29, 1.82) is 0 Å². The molecule has 1 aromatic rings. The van der Waals surface area contributed by atoms with Crippen molar-refractivity contribution >= 4 is 11.7 Å². The molecule has 29 heavy (non-hydrogen) atoms. The van der Waals surface area contributed by atoms with Gasteiger partial charge in [-0.2, -0.15) is 0 Å². The summed E-state index contributed by atoms with van der Waals surface area (Å²) in [4.78, 5) is 27.3. The average molecular weight is 403 g/mol. The molecule has 0 bridgehead atoms. The Bertz CT molecular complexity index is 812. The smallest absolute Gasteiger partial charge is 0.290 e. The SMILES string of the molecule is COc1ccc([C@H]2C(C(=O)C3CC3)=C(O)C(=O)N2CCCOC(C)C)cc1OC. The highest BCUT2D eigenvalue weighted by Gasteiger charge is 2.46. The van der Waals surface area contributed by atoms with Crippen LogP contribution in [0.15, 0.2) is 29.5 Å². The van der Waals surface area contributed by atoms with Gasteiger partial charge in [-0.15, -0.1) is 0 Å². The van der Waals surface area contributed by atoms with E-state index in [2.05, 4.69) is 0 Å². The number of hydrogen-bond donors (Lipinski definition) is 1. The molecule has 1 aromatic carbocycles. The van der Waals surface area contributed by atoms with Crippen LogP contribution in [-0.4, -0.2) is 55.2 Å². The highest BCUT2D eigenvalue weighted by atomic mass is 16.5. The molecule has 1 N–H and O–H groups in total. The van der Waals surface area contributed by atoms with Crippen molar-refractivity contribution in [3.8, 4) is 11.5 Å². The van der Waals surface area contributed by atoms with Crippen molar-refractivity contribution in [2.24, 2.45) is 5.92 Å². The Hall–Kier alpha value is -2.54. The highest BCUT2D eigenvalue weighted by molar-refractivity contribution is 6.10. The van der Waals surface area contributed by atoms with Gasteiger partial charge in [0.05, 0.1) is 31.9 Å². The minimum absolute atomic E-state index is 0.101. The van der Waals surface area contributed by atoms with Gasteiger partial charge >= 0.3 is 0 Å². The Balaban J connectivity index is 1.93. The van der Waals surface area contributed by atoms with Gasteiger partial charge in [0.25, 0.3) is 5.91 Å². The van der Waals surface area contributed by atoms with E-state index in [0.29, 0.717) is 36.6 Å². The van der Waals surface area contributed by atoms with Crippen molar-refractivity contribution in [3.05, 3.63) is 35.1 Å². The first-order chi connectivity index (χ1) is 13.9. The second-order valence-corrected chi connectivity index (χ2v) is 7.69. The molecule has 7 nitrogen and oxygen atoms in total.